The van der Waals surface area contributed by atoms with Crippen LogP contribution in [0.5, 0.6) is 0 Å². The summed E-state index contributed by atoms with van der Waals surface area (Å²) in [6.45, 7) is 1.90. The molecule has 2 unspecified atom stereocenters. The predicted octanol–water partition coefficient (Wildman–Crippen LogP) is 1.45. The van der Waals surface area contributed by atoms with Crippen LogP contribution in [0.4, 0.5) is 4.39 Å². The Morgan fingerprint density at radius 1 is 1.50 bits per heavy atom. The second-order valence-corrected chi connectivity index (χ2v) is 6.97. The average Bonchev–Trinajstić information content (AvgIpc) is 2.28. The normalized spacial score (nSPS) is 24.7. The highest BCUT2D eigenvalue weighted by Gasteiger charge is 2.25. The molecule has 0 bridgehead atoms. The maximum atomic E-state index is 12.7. The van der Waals surface area contributed by atoms with Gasteiger partial charge in [0.15, 0.2) is 9.84 Å². The van der Waals surface area contributed by atoms with Crippen molar-refractivity contribution < 1.29 is 12.8 Å². The molecule has 1 N–H and O–H groups in total. The molecule has 1 fully saturated rings. The Labute approximate surface area is 107 Å². The van der Waals surface area contributed by atoms with E-state index in [1.54, 1.807) is 6.07 Å². The Morgan fingerprint density at radius 3 is 2.89 bits per heavy atom. The van der Waals surface area contributed by atoms with E-state index >= 15 is 0 Å². The van der Waals surface area contributed by atoms with E-state index in [1.807, 2.05) is 6.92 Å². The molecule has 1 aromatic heterocycles. The predicted molar refractivity (Wildman–Crippen MR) is 67.4 cm³/mol. The van der Waals surface area contributed by atoms with Gasteiger partial charge >= 0.3 is 0 Å². The van der Waals surface area contributed by atoms with E-state index in [1.165, 1.54) is 12.3 Å². The number of halogens is 1. The molecule has 2 heterocycles. The standard InChI is InChI=1S/C12H17FN2O2S/c1-9(12-5-4-10(13)7-14-12)15-11-3-2-6-18(16,17)8-11/h4-5,7,9,11,15H,2-3,6,8H2,1H3. The van der Waals surface area contributed by atoms with Crippen molar-refractivity contribution in [2.45, 2.75) is 31.8 Å². The summed E-state index contributed by atoms with van der Waals surface area (Å²) in [5, 5.41) is 3.25. The third-order valence-electron chi connectivity index (χ3n) is 3.14. The molecule has 2 atom stereocenters. The molecular formula is C12H17FN2O2S. The van der Waals surface area contributed by atoms with Crippen molar-refractivity contribution in [2.75, 3.05) is 11.5 Å². The number of nitrogens with zero attached hydrogens (tertiary/aromatic N) is 1. The lowest BCUT2D eigenvalue weighted by Gasteiger charge is -2.26. The van der Waals surface area contributed by atoms with Gasteiger partial charge in [-0.2, -0.15) is 0 Å². The molecule has 0 aliphatic carbocycles. The van der Waals surface area contributed by atoms with Gasteiger partial charge in [-0.1, -0.05) is 0 Å². The van der Waals surface area contributed by atoms with Gasteiger partial charge in [0, 0.05) is 12.1 Å². The minimum Gasteiger partial charge on any atom is -0.305 e. The molecule has 1 aliphatic rings. The largest absolute Gasteiger partial charge is 0.305 e. The van der Waals surface area contributed by atoms with Crippen molar-refractivity contribution in [3.63, 3.8) is 0 Å². The van der Waals surface area contributed by atoms with E-state index < -0.39 is 9.84 Å². The van der Waals surface area contributed by atoms with Gasteiger partial charge in [0.05, 0.1) is 23.4 Å². The van der Waals surface area contributed by atoms with Crippen molar-refractivity contribution in [3.05, 3.63) is 29.8 Å². The fourth-order valence-electron chi connectivity index (χ4n) is 2.24. The molecule has 0 radical (unpaired) electrons. The maximum absolute atomic E-state index is 12.7. The van der Waals surface area contributed by atoms with E-state index in [0.29, 0.717) is 6.42 Å². The number of sulfone groups is 1. The minimum absolute atomic E-state index is 0.0365. The number of hydrogen-bond acceptors (Lipinski definition) is 4. The van der Waals surface area contributed by atoms with Gasteiger partial charge in [-0.05, 0) is 31.9 Å². The lowest BCUT2D eigenvalue weighted by atomic mass is 10.1. The number of aromatic nitrogens is 1. The lowest BCUT2D eigenvalue weighted by molar-refractivity contribution is 0.432. The third kappa shape index (κ3) is 3.49. The molecule has 1 aliphatic heterocycles. The summed E-state index contributed by atoms with van der Waals surface area (Å²) in [7, 11) is -2.91. The van der Waals surface area contributed by atoms with Gasteiger partial charge < -0.3 is 5.32 Å². The Bertz CT molecular complexity index is 501. The van der Waals surface area contributed by atoms with Crippen LogP contribution in [-0.4, -0.2) is 30.9 Å². The van der Waals surface area contributed by atoms with Crippen molar-refractivity contribution >= 4 is 9.84 Å². The van der Waals surface area contributed by atoms with Crippen LogP contribution < -0.4 is 5.32 Å². The minimum atomic E-state index is -2.91. The van der Waals surface area contributed by atoms with Crippen molar-refractivity contribution in [1.29, 1.82) is 0 Å². The zero-order valence-electron chi connectivity index (χ0n) is 10.3. The monoisotopic (exact) mass is 272 g/mol. The highest BCUT2D eigenvalue weighted by atomic mass is 32.2. The van der Waals surface area contributed by atoms with Crippen molar-refractivity contribution in [1.82, 2.24) is 10.3 Å². The SMILES string of the molecule is CC(NC1CCCS(=O)(=O)C1)c1ccc(F)cn1. The van der Waals surface area contributed by atoms with Gasteiger partial charge in [-0.25, -0.2) is 12.8 Å². The topological polar surface area (TPSA) is 59.1 Å². The van der Waals surface area contributed by atoms with Gasteiger partial charge in [0.2, 0.25) is 0 Å². The first-order chi connectivity index (χ1) is 8.46. The van der Waals surface area contributed by atoms with Gasteiger partial charge in [0.25, 0.3) is 0 Å². The van der Waals surface area contributed by atoms with Crippen LogP contribution in [-0.2, 0) is 9.84 Å². The van der Waals surface area contributed by atoms with Crippen LogP contribution in [0.2, 0.25) is 0 Å². The quantitative estimate of drug-likeness (QED) is 0.904. The Kier molecular flexibility index (Phi) is 3.97. The average molecular weight is 272 g/mol. The molecule has 0 saturated carbocycles. The molecular weight excluding hydrogens is 255 g/mol. The third-order valence-corrected chi connectivity index (χ3v) is 4.96. The molecule has 2 rings (SSSR count). The zero-order valence-corrected chi connectivity index (χ0v) is 11.1. The van der Waals surface area contributed by atoms with E-state index in [2.05, 4.69) is 10.3 Å². The number of rotatable bonds is 3. The first-order valence-electron chi connectivity index (χ1n) is 6.04. The summed E-state index contributed by atoms with van der Waals surface area (Å²) >= 11 is 0. The molecule has 0 aromatic carbocycles. The maximum Gasteiger partial charge on any atom is 0.151 e. The molecule has 1 aromatic rings. The Hall–Kier alpha value is -1.01. The summed E-state index contributed by atoms with van der Waals surface area (Å²) < 4.78 is 35.8. The fraction of sp³-hybridized carbons (Fsp3) is 0.583. The van der Waals surface area contributed by atoms with Crippen LogP contribution in [0, 0.1) is 5.82 Å². The summed E-state index contributed by atoms with van der Waals surface area (Å²) in [4.78, 5) is 3.99. The van der Waals surface area contributed by atoms with Gasteiger partial charge in [-0.15, -0.1) is 0 Å². The van der Waals surface area contributed by atoms with Crippen LogP contribution in [0.3, 0.4) is 0 Å². The number of pyridine rings is 1. The molecule has 18 heavy (non-hydrogen) atoms. The van der Waals surface area contributed by atoms with Crippen LogP contribution in [0.15, 0.2) is 18.3 Å². The second kappa shape index (κ2) is 5.32. The van der Waals surface area contributed by atoms with Crippen molar-refractivity contribution in [2.24, 2.45) is 0 Å². The Morgan fingerprint density at radius 2 is 2.28 bits per heavy atom. The summed E-state index contributed by atoms with van der Waals surface area (Å²) in [5.74, 6) is 0.0959. The van der Waals surface area contributed by atoms with Crippen LogP contribution in [0.1, 0.15) is 31.5 Å². The van der Waals surface area contributed by atoms with Crippen molar-refractivity contribution in [3.8, 4) is 0 Å². The molecule has 0 amide bonds. The number of hydrogen-bond donors (Lipinski definition) is 1. The summed E-state index contributed by atoms with van der Waals surface area (Å²) in [5.41, 5.74) is 0.722. The molecule has 0 spiro atoms. The van der Waals surface area contributed by atoms with Gasteiger partial charge in [-0.3, -0.25) is 4.98 Å². The van der Waals surface area contributed by atoms with Crippen LogP contribution >= 0.6 is 0 Å². The fourth-order valence-corrected chi connectivity index (χ4v) is 3.89. The molecule has 6 heteroatoms. The summed E-state index contributed by atoms with van der Waals surface area (Å²) in [6, 6.07) is 2.86. The molecule has 1 saturated heterocycles. The molecule has 100 valence electrons. The Balaban J connectivity index is 1.99. The van der Waals surface area contributed by atoms with E-state index in [0.717, 1.165) is 12.1 Å². The summed E-state index contributed by atoms with van der Waals surface area (Å²) in [6.07, 6.45) is 2.72. The first kappa shape index (κ1) is 13.4. The van der Waals surface area contributed by atoms with E-state index in [9.17, 15) is 12.8 Å². The van der Waals surface area contributed by atoms with E-state index in [4.69, 9.17) is 0 Å². The second-order valence-electron chi connectivity index (χ2n) is 4.74. The zero-order chi connectivity index (χ0) is 13.2. The van der Waals surface area contributed by atoms with Gasteiger partial charge in [0.1, 0.15) is 5.82 Å². The highest BCUT2D eigenvalue weighted by molar-refractivity contribution is 7.91. The molecule has 4 nitrogen and oxygen atoms in total. The van der Waals surface area contributed by atoms with E-state index in [-0.39, 0.29) is 29.4 Å². The highest BCUT2D eigenvalue weighted by Crippen LogP contribution is 2.17. The lowest BCUT2D eigenvalue weighted by Crippen LogP contribution is -2.41. The van der Waals surface area contributed by atoms with Crippen LogP contribution in [0.25, 0.3) is 0 Å². The number of nitrogens with one attached hydrogen (secondary N) is 1. The first-order valence-corrected chi connectivity index (χ1v) is 7.86. The smallest absolute Gasteiger partial charge is 0.151 e.